The predicted molar refractivity (Wildman–Crippen MR) is 119 cm³/mol. The van der Waals surface area contributed by atoms with Gasteiger partial charge in [0.1, 0.15) is 17.9 Å². The summed E-state index contributed by atoms with van der Waals surface area (Å²) in [7, 11) is 0. The molecule has 182 valence electrons. The number of alkyl halides is 3. The van der Waals surface area contributed by atoms with Gasteiger partial charge in [0.05, 0.1) is 11.1 Å². The quantitative estimate of drug-likeness (QED) is 0.589. The minimum absolute atomic E-state index is 0.141. The van der Waals surface area contributed by atoms with Gasteiger partial charge >= 0.3 is 6.36 Å². The standard InChI is InChI=1S/C25H28F3N3O3/c1-14(2)18-10-8-16(13-30-18)20(32)31-21-23(3,4)22(24(21,5)6)33-17-9-7-15(12-29)19(11-17)34-25(26,27)28/h7-11,13-14,21-22H,1-6H3,(H,31,32). The molecule has 1 aromatic carbocycles. The maximum absolute atomic E-state index is 12.9. The molecular formula is C25H28F3N3O3. The fourth-order valence-electron chi connectivity index (χ4n) is 4.91. The Kier molecular flexibility index (Phi) is 6.57. The first-order chi connectivity index (χ1) is 15.7. The number of amides is 1. The van der Waals surface area contributed by atoms with Gasteiger partial charge in [-0.3, -0.25) is 9.78 Å². The van der Waals surface area contributed by atoms with Crippen molar-refractivity contribution in [1.29, 1.82) is 5.26 Å². The van der Waals surface area contributed by atoms with Crippen molar-refractivity contribution in [3.05, 3.63) is 53.3 Å². The largest absolute Gasteiger partial charge is 0.573 e. The monoisotopic (exact) mass is 475 g/mol. The van der Waals surface area contributed by atoms with E-state index in [0.29, 0.717) is 5.56 Å². The van der Waals surface area contributed by atoms with Crippen molar-refractivity contribution in [2.75, 3.05) is 0 Å². The van der Waals surface area contributed by atoms with Gasteiger partial charge < -0.3 is 14.8 Å². The summed E-state index contributed by atoms with van der Waals surface area (Å²) in [5.74, 6) is -0.484. The highest BCUT2D eigenvalue weighted by Gasteiger charge is 2.64. The molecule has 0 aliphatic heterocycles. The number of hydrogen-bond acceptors (Lipinski definition) is 5. The Morgan fingerprint density at radius 3 is 2.29 bits per heavy atom. The first-order valence-corrected chi connectivity index (χ1v) is 10.9. The van der Waals surface area contributed by atoms with Gasteiger partial charge in [-0.05, 0) is 30.2 Å². The van der Waals surface area contributed by atoms with Crippen LogP contribution in [-0.4, -0.2) is 29.4 Å². The van der Waals surface area contributed by atoms with Crippen molar-refractivity contribution in [1.82, 2.24) is 10.3 Å². The van der Waals surface area contributed by atoms with Crippen LogP contribution >= 0.6 is 0 Å². The average molecular weight is 476 g/mol. The molecule has 0 atom stereocenters. The van der Waals surface area contributed by atoms with E-state index < -0.39 is 29.0 Å². The van der Waals surface area contributed by atoms with Crippen molar-refractivity contribution < 1.29 is 27.4 Å². The van der Waals surface area contributed by atoms with E-state index in [4.69, 9.17) is 10.00 Å². The molecule has 9 heteroatoms. The molecule has 2 aromatic rings. The van der Waals surface area contributed by atoms with Gasteiger partial charge in [-0.25, -0.2) is 0 Å². The number of nitrogens with zero attached hydrogens (tertiary/aromatic N) is 2. The van der Waals surface area contributed by atoms with Crippen molar-refractivity contribution in [3.8, 4) is 17.6 Å². The number of ether oxygens (including phenoxy) is 2. The molecule has 1 N–H and O–H groups in total. The molecule has 1 amide bonds. The van der Waals surface area contributed by atoms with Crippen LogP contribution in [0.4, 0.5) is 13.2 Å². The molecule has 0 bridgehead atoms. The SMILES string of the molecule is CC(C)c1ccc(C(=O)NC2C(C)(C)C(Oc3ccc(C#N)c(OC(F)(F)F)c3)C2(C)C)cn1. The highest BCUT2D eigenvalue weighted by atomic mass is 19.4. The average Bonchev–Trinajstić information content (AvgIpc) is 2.74. The fraction of sp³-hybridized carbons (Fsp3) is 0.480. The molecule has 3 rings (SSSR count). The number of rotatable bonds is 6. The van der Waals surface area contributed by atoms with Crippen molar-refractivity contribution in [2.45, 2.75) is 66.0 Å². The van der Waals surface area contributed by atoms with Crippen LogP contribution in [0.3, 0.4) is 0 Å². The van der Waals surface area contributed by atoms with Crippen LogP contribution in [0, 0.1) is 22.2 Å². The van der Waals surface area contributed by atoms with Crippen LogP contribution in [0.2, 0.25) is 0 Å². The Bertz CT molecular complexity index is 1090. The summed E-state index contributed by atoms with van der Waals surface area (Å²) in [5, 5.41) is 12.1. The third-order valence-corrected chi connectivity index (χ3v) is 6.31. The summed E-state index contributed by atoms with van der Waals surface area (Å²) in [5.41, 5.74) is 0.0124. The normalized spacial score (nSPS) is 20.7. The topological polar surface area (TPSA) is 84.2 Å². The van der Waals surface area contributed by atoms with Crippen LogP contribution in [0.5, 0.6) is 11.5 Å². The number of hydrogen-bond donors (Lipinski definition) is 1. The van der Waals surface area contributed by atoms with Gasteiger partial charge in [-0.15, -0.1) is 13.2 Å². The lowest BCUT2D eigenvalue weighted by molar-refractivity contribution is -0.274. The Morgan fingerprint density at radius 2 is 1.79 bits per heavy atom. The number of carbonyl (C=O) groups is 1. The summed E-state index contributed by atoms with van der Waals surface area (Å²) in [6.07, 6.45) is -3.81. The second kappa shape index (κ2) is 8.82. The lowest BCUT2D eigenvalue weighted by Gasteiger charge is -2.63. The minimum atomic E-state index is -4.93. The lowest BCUT2D eigenvalue weighted by Crippen LogP contribution is -2.74. The van der Waals surface area contributed by atoms with E-state index in [2.05, 4.69) is 15.0 Å². The first kappa shape index (κ1) is 25.3. The van der Waals surface area contributed by atoms with Gasteiger partial charge in [0.2, 0.25) is 0 Å². The highest BCUT2D eigenvalue weighted by Crippen LogP contribution is 2.55. The molecular weight excluding hydrogens is 447 g/mol. The summed E-state index contributed by atoms with van der Waals surface area (Å²) in [6, 6.07) is 8.69. The molecule has 0 spiro atoms. The zero-order chi connectivity index (χ0) is 25.5. The van der Waals surface area contributed by atoms with E-state index in [1.807, 2.05) is 47.6 Å². The molecule has 0 radical (unpaired) electrons. The fourth-order valence-corrected chi connectivity index (χ4v) is 4.91. The Morgan fingerprint density at radius 1 is 1.15 bits per heavy atom. The van der Waals surface area contributed by atoms with E-state index in [-0.39, 0.29) is 29.2 Å². The Hall–Kier alpha value is -3.28. The summed E-state index contributed by atoms with van der Waals surface area (Å²) in [4.78, 5) is 17.2. The van der Waals surface area contributed by atoms with E-state index in [9.17, 15) is 18.0 Å². The van der Waals surface area contributed by atoms with Crippen molar-refractivity contribution >= 4 is 5.91 Å². The third-order valence-electron chi connectivity index (χ3n) is 6.31. The molecule has 0 saturated heterocycles. The number of nitriles is 1. The molecule has 0 unspecified atom stereocenters. The van der Waals surface area contributed by atoms with Gasteiger partial charge in [0, 0.05) is 34.8 Å². The van der Waals surface area contributed by atoms with Crippen LogP contribution in [0.25, 0.3) is 0 Å². The maximum atomic E-state index is 12.9. The number of benzene rings is 1. The van der Waals surface area contributed by atoms with Crippen LogP contribution in [0.1, 0.15) is 69.1 Å². The number of aromatic nitrogens is 1. The second-order valence-electron chi connectivity index (χ2n) is 9.99. The summed E-state index contributed by atoms with van der Waals surface area (Å²) >= 11 is 0. The van der Waals surface area contributed by atoms with Crippen LogP contribution in [-0.2, 0) is 0 Å². The number of pyridine rings is 1. The molecule has 1 aromatic heterocycles. The highest BCUT2D eigenvalue weighted by molar-refractivity contribution is 5.94. The van der Waals surface area contributed by atoms with Gasteiger partial charge in [0.25, 0.3) is 5.91 Å². The molecule has 34 heavy (non-hydrogen) atoms. The number of carbonyl (C=O) groups excluding carboxylic acids is 1. The molecule has 1 heterocycles. The van der Waals surface area contributed by atoms with E-state index in [1.165, 1.54) is 12.1 Å². The van der Waals surface area contributed by atoms with Gasteiger partial charge in [-0.1, -0.05) is 41.5 Å². The van der Waals surface area contributed by atoms with Crippen LogP contribution < -0.4 is 14.8 Å². The van der Waals surface area contributed by atoms with E-state index in [1.54, 1.807) is 18.3 Å². The maximum Gasteiger partial charge on any atom is 0.573 e. The third kappa shape index (κ3) is 4.96. The van der Waals surface area contributed by atoms with Gasteiger partial charge in [-0.2, -0.15) is 5.26 Å². The summed E-state index contributed by atoms with van der Waals surface area (Å²) < 4.78 is 48.3. The predicted octanol–water partition coefficient (Wildman–Crippen LogP) is 5.59. The van der Waals surface area contributed by atoms with Crippen molar-refractivity contribution in [2.24, 2.45) is 10.8 Å². The van der Waals surface area contributed by atoms with Crippen molar-refractivity contribution in [3.63, 3.8) is 0 Å². The molecule has 1 fully saturated rings. The van der Waals surface area contributed by atoms with E-state index >= 15 is 0 Å². The Labute approximate surface area is 197 Å². The number of halogens is 3. The number of nitrogens with one attached hydrogen (secondary N) is 1. The molecule has 1 aliphatic rings. The first-order valence-electron chi connectivity index (χ1n) is 10.9. The Balaban J connectivity index is 1.77. The lowest BCUT2D eigenvalue weighted by atomic mass is 9.49. The zero-order valence-corrected chi connectivity index (χ0v) is 19.9. The molecule has 1 aliphatic carbocycles. The minimum Gasteiger partial charge on any atom is -0.489 e. The zero-order valence-electron chi connectivity index (χ0n) is 19.9. The van der Waals surface area contributed by atoms with Crippen LogP contribution in [0.15, 0.2) is 36.5 Å². The van der Waals surface area contributed by atoms with E-state index in [0.717, 1.165) is 11.8 Å². The summed E-state index contributed by atoms with van der Waals surface area (Å²) in [6.45, 7) is 11.7. The second-order valence-corrected chi connectivity index (χ2v) is 9.99. The molecule has 6 nitrogen and oxygen atoms in total. The smallest absolute Gasteiger partial charge is 0.489 e. The van der Waals surface area contributed by atoms with Gasteiger partial charge in [0.15, 0.2) is 5.75 Å². The molecule has 1 saturated carbocycles.